The number of methoxy groups -OCH3 is 1. The maximum absolute atomic E-state index is 12.2. The summed E-state index contributed by atoms with van der Waals surface area (Å²) < 4.78 is 9.94. The third-order valence-electron chi connectivity index (χ3n) is 3.82. The summed E-state index contributed by atoms with van der Waals surface area (Å²) in [6, 6.07) is 11.2. The first kappa shape index (κ1) is 17.9. The van der Waals surface area contributed by atoms with Crippen LogP contribution in [0.5, 0.6) is 5.75 Å². The number of nitrogens with zero attached hydrogens (tertiary/aromatic N) is 1. The molecule has 138 valence electrons. The SMILES string of the molecule is COc1ccc(NC(=O)COC(=O)c2c[nH]c3ccccc23)c([N+](=O)[O-])c1. The fourth-order valence-electron chi connectivity index (χ4n) is 2.53. The first-order valence-corrected chi connectivity index (χ1v) is 7.85. The molecule has 1 aromatic heterocycles. The molecule has 0 aliphatic heterocycles. The summed E-state index contributed by atoms with van der Waals surface area (Å²) in [6.45, 7) is -0.582. The van der Waals surface area contributed by atoms with Gasteiger partial charge in [-0.2, -0.15) is 0 Å². The van der Waals surface area contributed by atoms with E-state index in [-0.39, 0.29) is 17.1 Å². The van der Waals surface area contributed by atoms with E-state index in [0.29, 0.717) is 10.9 Å². The highest BCUT2D eigenvalue weighted by Crippen LogP contribution is 2.28. The Balaban J connectivity index is 1.66. The fourth-order valence-corrected chi connectivity index (χ4v) is 2.53. The molecule has 0 unspecified atom stereocenters. The molecule has 0 bridgehead atoms. The van der Waals surface area contributed by atoms with Gasteiger partial charge in [-0.25, -0.2) is 4.79 Å². The Bertz CT molecular complexity index is 1030. The number of anilines is 1. The second kappa shape index (κ2) is 7.56. The minimum absolute atomic E-state index is 0.0195. The molecule has 9 nitrogen and oxygen atoms in total. The lowest BCUT2D eigenvalue weighted by atomic mass is 10.2. The van der Waals surface area contributed by atoms with Crippen LogP contribution in [0.3, 0.4) is 0 Å². The predicted octanol–water partition coefficient (Wildman–Crippen LogP) is 2.88. The number of esters is 1. The summed E-state index contributed by atoms with van der Waals surface area (Å²) in [5.41, 5.74) is 0.719. The number of H-pyrrole nitrogens is 1. The van der Waals surface area contributed by atoms with Crippen molar-refractivity contribution in [2.45, 2.75) is 0 Å². The Morgan fingerprint density at radius 2 is 2.00 bits per heavy atom. The summed E-state index contributed by atoms with van der Waals surface area (Å²) in [4.78, 5) is 37.6. The number of amides is 1. The van der Waals surface area contributed by atoms with Gasteiger partial charge in [-0.1, -0.05) is 18.2 Å². The van der Waals surface area contributed by atoms with Gasteiger partial charge in [0.1, 0.15) is 11.4 Å². The van der Waals surface area contributed by atoms with Crippen molar-refractivity contribution in [1.29, 1.82) is 0 Å². The Morgan fingerprint density at radius 1 is 1.22 bits per heavy atom. The average molecular weight is 369 g/mol. The van der Waals surface area contributed by atoms with Crippen LogP contribution < -0.4 is 10.1 Å². The number of ether oxygens (including phenoxy) is 2. The van der Waals surface area contributed by atoms with E-state index in [2.05, 4.69) is 10.3 Å². The largest absolute Gasteiger partial charge is 0.496 e. The average Bonchev–Trinajstić information content (AvgIpc) is 3.10. The summed E-state index contributed by atoms with van der Waals surface area (Å²) in [5.74, 6) is -1.09. The van der Waals surface area contributed by atoms with Crippen molar-refractivity contribution in [3.63, 3.8) is 0 Å². The molecule has 1 heterocycles. The third kappa shape index (κ3) is 3.87. The number of aromatic nitrogens is 1. The lowest BCUT2D eigenvalue weighted by Gasteiger charge is -2.08. The zero-order valence-electron chi connectivity index (χ0n) is 14.2. The number of para-hydroxylation sites is 1. The second-order valence-corrected chi connectivity index (χ2v) is 5.51. The Morgan fingerprint density at radius 3 is 2.74 bits per heavy atom. The number of hydrogen-bond donors (Lipinski definition) is 2. The minimum atomic E-state index is -0.698. The number of hydrogen-bond acceptors (Lipinski definition) is 6. The molecule has 0 saturated heterocycles. The molecule has 3 rings (SSSR count). The lowest BCUT2D eigenvalue weighted by molar-refractivity contribution is -0.384. The van der Waals surface area contributed by atoms with Crippen LogP contribution >= 0.6 is 0 Å². The van der Waals surface area contributed by atoms with E-state index in [1.54, 1.807) is 12.1 Å². The number of carbonyl (C=O) groups is 2. The summed E-state index contributed by atoms with van der Waals surface area (Å²) in [7, 11) is 1.38. The van der Waals surface area contributed by atoms with Crippen LogP contribution in [-0.4, -0.2) is 35.5 Å². The predicted molar refractivity (Wildman–Crippen MR) is 96.9 cm³/mol. The molecular weight excluding hydrogens is 354 g/mol. The number of carbonyl (C=O) groups excluding carboxylic acids is 2. The van der Waals surface area contributed by atoms with Gasteiger partial charge in [-0.3, -0.25) is 14.9 Å². The summed E-state index contributed by atoms with van der Waals surface area (Å²) in [6.07, 6.45) is 1.50. The highest BCUT2D eigenvalue weighted by Gasteiger charge is 2.19. The van der Waals surface area contributed by atoms with Crippen molar-refractivity contribution in [3.8, 4) is 5.75 Å². The van der Waals surface area contributed by atoms with E-state index in [1.165, 1.54) is 31.5 Å². The molecule has 0 spiro atoms. The van der Waals surface area contributed by atoms with Gasteiger partial charge in [-0.05, 0) is 18.2 Å². The lowest BCUT2D eigenvalue weighted by Crippen LogP contribution is -2.21. The van der Waals surface area contributed by atoms with Crippen molar-refractivity contribution >= 4 is 34.2 Å². The van der Waals surface area contributed by atoms with E-state index < -0.39 is 23.4 Å². The van der Waals surface area contributed by atoms with Gasteiger partial charge in [0.05, 0.1) is 23.7 Å². The molecule has 27 heavy (non-hydrogen) atoms. The maximum Gasteiger partial charge on any atom is 0.340 e. The molecule has 0 atom stereocenters. The molecule has 0 saturated carbocycles. The summed E-state index contributed by atoms with van der Waals surface area (Å²) >= 11 is 0. The van der Waals surface area contributed by atoms with Crippen LogP contribution in [0.25, 0.3) is 10.9 Å². The zero-order chi connectivity index (χ0) is 19.4. The molecule has 0 radical (unpaired) electrons. The van der Waals surface area contributed by atoms with E-state index >= 15 is 0 Å². The second-order valence-electron chi connectivity index (χ2n) is 5.51. The molecule has 2 aromatic carbocycles. The maximum atomic E-state index is 12.2. The molecular formula is C18H15N3O6. The molecule has 1 amide bonds. The van der Waals surface area contributed by atoms with Gasteiger partial charge in [0.2, 0.25) is 0 Å². The minimum Gasteiger partial charge on any atom is -0.496 e. The third-order valence-corrected chi connectivity index (χ3v) is 3.82. The van der Waals surface area contributed by atoms with Gasteiger partial charge < -0.3 is 19.8 Å². The smallest absolute Gasteiger partial charge is 0.340 e. The van der Waals surface area contributed by atoms with Crippen LogP contribution in [0.15, 0.2) is 48.7 Å². The standard InChI is InChI=1S/C18H15N3O6/c1-26-11-6-7-15(16(8-11)21(24)25)20-17(22)10-27-18(23)13-9-19-14-5-3-2-4-12(13)14/h2-9,19H,10H2,1H3,(H,20,22). The summed E-state index contributed by atoms with van der Waals surface area (Å²) in [5, 5.41) is 14.2. The Labute approximate surface area is 153 Å². The van der Waals surface area contributed by atoms with Gasteiger partial charge >= 0.3 is 5.97 Å². The molecule has 2 N–H and O–H groups in total. The van der Waals surface area contributed by atoms with Gasteiger partial charge in [-0.15, -0.1) is 0 Å². The topological polar surface area (TPSA) is 124 Å². The monoisotopic (exact) mass is 369 g/mol. The zero-order valence-corrected chi connectivity index (χ0v) is 14.2. The van der Waals surface area contributed by atoms with Crippen molar-refractivity contribution in [1.82, 2.24) is 4.98 Å². The highest BCUT2D eigenvalue weighted by atomic mass is 16.6. The van der Waals surface area contributed by atoms with Crippen molar-refractivity contribution < 1.29 is 24.0 Å². The van der Waals surface area contributed by atoms with Crippen LogP contribution in [0.4, 0.5) is 11.4 Å². The van der Waals surface area contributed by atoms with Gasteiger partial charge in [0.25, 0.3) is 11.6 Å². The number of rotatable bonds is 6. The number of fused-ring (bicyclic) bond motifs is 1. The molecule has 0 aliphatic carbocycles. The quantitative estimate of drug-likeness (QED) is 0.391. The van der Waals surface area contributed by atoms with E-state index in [4.69, 9.17) is 9.47 Å². The van der Waals surface area contributed by atoms with Gasteiger partial charge in [0.15, 0.2) is 6.61 Å². The first-order valence-electron chi connectivity index (χ1n) is 7.85. The van der Waals surface area contributed by atoms with Crippen LogP contribution in [-0.2, 0) is 9.53 Å². The van der Waals surface area contributed by atoms with Crippen molar-refractivity contribution in [2.24, 2.45) is 0 Å². The van der Waals surface area contributed by atoms with E-state index in [1.807, 2.05) is 12.1 Å². The Kier molecular flexibility index (Phi) is 5.02. The fraction of sp³-hybridized carbons (Fsp3) is 0.111. The molecule has 3 aromatic rings. The van der Waals surface area contributed by atoms with Gasteiger partial charge in [0, 0.05) is 17.1 Å². The molecule has 9 heteroatoms. The molecule has 0 fully saturated rings. The molecule has 0 aliphatic rings. The number of benzene rings is 2. The van der Waals surface area contributed by atoms with Crippen LogP contribution in [0.2, 0.25) is 0 Å². The van der Waals surface area contributed by atoms with Crippen molar-refractivity contribution in [3.05, 3.63) is 64.3 Å². The number of nitro groups is 1. The van der Waals surface area contributed by atoms with Crippen LogP contribution in [0.1, 0.15) is 10.4 Å². The Hall–Kier alpha value is -3.88. The number of nitro benzene ring substituents is 1. The number of nitrogens with one attached hydrogen (secondary N) is 2. The van der Waals surface area contributed by atoms with E-state index in [0.717, 1.165) is 5.52 Å². The van der Waals surface area contributed by atoms with Crippen molar-refractivity contribution in [2.75, 3.05) is 19.0 Å². The highest BCUT2D eigenvalue weighted by molar-refractivity contribution is 6.05. The first-order chi connectivity index (χ1) is 13.0. The normalized spacial score (nSPS) is 10.4. The van der Waals surface area contributed by atoms with E-state index in [9.17, 15) is 19.7 Å². The number of aromatic amines is 1. The van der Waals surface area contributed by atoms with Crippen LogP contribution in [0, 0.1) is 10.1 Å².